The van der Waals surface area contributed by atoms with Crippen LogP contribution in [-0.4, -0.2) is 50.4 Å². The Hall–Kier alpha value is -1.24. The molecule has 1 aliphatic carbocycles. The summed E-state index contributed by atoms with van der Waals surface area (Å²) in [5.41, 5.74) is 1.52. The van der Waals surface area contributed by atoms with Crippen LogP contribution in [0.1, 0.15) is 29.6 Å². The third-order valence-electron chi connectivity index (χ3n) is 5.21. The van der Waals surface area contributed by atoms with Gasteiger partial charge in [0.05, 0.1) is 18.6 Å². The minimum absolute atomic E-state index is 0.790. The van der Waals surface area contributed by atoms with Gasteiger partial charge in [-0.2, -0.15) is 0 Å². The summed E-state index contributed by atoms with van der Waals surface area (Å²) in [5.74, 6) is 2.88. The smallest absolute Gasteiger partial charge is 0.187 e. The van der Waals surface area contributed by atoms with Crippen molar-refractivity contribution in [2.45, 2.75) is 32.7 Å². The Bertz CT molecular complexity index is 736. The lowest BCUT2D eigenvalue weighted by Gasteiger charge is -2.23. The van der Waals surface area contributed by atoms with E-state index < -0.39 is 0 Å². The molecule has 2 aliphatic rings. The number of quaternary nitrogens is 1. The number of fused-ring (bicyclic) bond motifs is 3. The molecule has 0 aromatic carbocycles. The van der Waals surface area contributed by atoms with Gasteiger partial charge in [-0.15, -0.1) is 11.3 Å². The molecule has 130 valence electrons. The number of hydrogen-bond acceptors (Lipinski definition) is 5. The number of hydrogen-bond donors (Lipinski definition) is 1. The first-order valence-electron chi connectivity index (χ1n) is 9.01. The van der Waals surface area contributed by atoms with Gasteiger partial charge in [-0.25, -0.2) is 9.97 Å². The van der Waals surface area contributed by atoms with Crippen LogP contribution in [0, 0.1) is 5.92 Å². The summed E-state index contributed by atoms with van der Waals surface area (Å²) in [7, 11) is 4.20. The van der Waals surface area contributed by atoms with E-state index in [0.29, 0.717) is 0 Å². The van der Waals surface area contributed by atoms with Gasteiger partial charge in [0.15, 0.2) is 5.82 Å². The Balaban J connectivity index is 1.74. The number of morpholine rings is 1. The van der Waals surface area contributed by atoms with E-state index in [1.165, 1.54) is 44.8 Å². The molecule has 0 bridgehead atoms. The van der Waals surface area contributed by atoms with E-state index in [4.69, 9.17) is 14.7 Å². The third kappa shape index (κ3) is 3.03. The summed E-state index contributed by atoms with van der Waals surface area (Å²) >= 11 is 1.90. The third-order valence-corrected chi connectivity index (χ3v) is 6.36. The molecule has 1 atom stereocenters. The van der Waals surface area contributed by atoms with Crippen molar-refractivity contribution in [2.75, 3.05) is 45.3 Å². The van der Waals surface area contributed by atoms with Crippen molar-refractivity contribution in [2.24, 2.45) is 5.92 Å². The summed E-state index contributed by atoms with van der Waals surface area (Å²) in [6.45, 7) is 7.07. The molecule has 24 heavy (non-hydrogen) atoms. The standard InChI is InChI=1S/C18H26N4OS/c1-12-4-5-13-14(10-12)24-18-16(13)17(21(2)3)19-15(20-18)11-22-6-8-23-9-7-22/h12H,4-11H2,1-3H3/p+1/t12-/m0/s1. The van der Waals surface area contributed by atoms with Crippen molar-refractivity contribution < 1.29 is 9.64 Å². The van der Waals surface area contributed by atoms with Crippen LogP contribution in [0.2, 0.25) is 0 Å². The van der Waals surface area contributed by atoms with Crippen LogP contribution in [0.4, 0.5) is 5.82 Å². The van der Waals surface area contributed by atoms with Crippen molar-refractivity contribution in [3.63, 3.8) is 0 Å². The fourth-order valence-electron chi connectivity index (χ4n) is 3.83. The van der Waals surface area contributed by atoms with Gasteiger partial charge in [-0.05, 0) is 30.7 Å². The molecule has 2 aromatic rings. The predicted octanol–water partition coefficient (Wildman–Crippen LogP) is 1.30. The Labute approximate surface area is 147 Å². The van der Waals surface area contributed by atoms with E-state index in [1.807, 2.05) is 11.3 Å². The topological polar surface area (TPSA) is 42.7 Å². The lowest BCUT2D eigenvalue weighted by molar-refractivity contribution is -0.922. The van der Waals surface area contributed by atoms with Crippen LogP contribution in [0.3, 0.4) is 0 Å². The van der Waals surface area contributed by atoms with Gasteiger partial charge < -0.3 is 14.5 Å². The first-order valence-corrected chi connectivity index (χ1v) is 9.83. The number of ether oxygens (including phenoxy) is 1. The average Bonchev–Trinajstić information content (AvgIpc) is 2.92. The highest BCUT2D eigenvalue weighted by Crippen LogP contribution is 2.40. The highest BCUT2D eigenvalue weighted by molar-refractivity contribution is 7.19. The largest absolute Gasteiger partial charge is 0.370 e. The SMILES string of the molecule is C[C@H]1CCc2c(sc3nc(C[NH+]4CCOCC4)nc(N(C)C)c23)C1. The van der Waals surface area contributed by atoms with E-state index in [2.05, 4.69) is 25.9 Å². The molecule has 1 saturated heterocycles. The average molecular weight is 348 g/mol. The first kappa shape index (κ1) is 16.2. The molecule has 0 saturated carbocycles. The molecule has 4 rings (SSSR count). The monoisotopic (exact) mass is 347 g/mol. The molecular formula is C18H27N4OS+. The molecule has 5 nitrogen and oxygen atoms in total. The zero-order valence-corrected chi connectivity index (χ0v) is 15.7. The Morgan fingerprint density at radius 2 is 2.04 bits per heavy atom. The Morgan fingerprint density at radius 1 is 1.25 bits per heavy atom. The number of nitrogens with one attached hydrogen (secondary N) is 1. The minimum Gasteiger partial charge on any atom is -0.370 e. The Kier molecular flexibility index (Phi) is 4.45. The lowest BCUT2D eigenvalue weighted by Crippen LogP contribution is -3.12. The molecule has 6 heteroatoms. The summed E-state index contributed by atoms with van der Waals surface area (Å²) in [5, 5.41) is 1.31. The van der Waals surface area contributed by atoms with Gasteiger partial charge in [0.2, 0.25) is 0 Å². The van der Waals surface area contributed by atoms with Gasteiger partial charge in [0, 0.05) is 19.0 Å². The number of aromatic nitrogens is 2. The maximum absolute atomic E-state index is 5.47. The van der Waals surface area contributed by atoms with Crippen LogP contribution in [0.25, 0.3) is 10.2 Å². The lowest BCUT2D eigenvalue weighted by atomic mass is 9.89. The second kappa shape index (κ2) is 6.58. The highest BCUT2D eigenvalue weighted by atomic mass is 32.1. The van der Waals surface area contributed by atoms with Crippen molar-refractivity contribution in [3.8, 4) is 0 Å². The van der Waals surface area contributed by atoms with Crippen molar-refractivity contribution >= 4 is 27.4 Å². The van der Waals surface area contributed by atoms with E-state index in [-0.39, 0.29) is 0 Å². The van der Waals surface area contributed by atoms with Gasteiger partial charge in [0.1, 0.15) is 30.3 Å². The van der Waals surface area contributed by atoms with Crippen LogP contribution < -0.4 is 9.80 Å². The van der Waals surface area contributed by atoms with Gasteiger partial charge >= 0.3 is 0 Å². The van der Waals surface area contributed by atoms with Crippen molar-refractivity contribution in [3.05, 3.63) is 16.3 Å². The summed E-state index contributed by atoms with van der Waals surface area (Å²) < 4.78 is 5.47. The molecule has 3 heterocycles. The van der Waals surface area contributed by atoms with Crippen LogP contribution in [-0.2, 0) is 24.1 Å². The predicted molar refractivity (Wildman–Crippen MR) is 98.2 cm³/mol. The molecule has 0 unspecified atom stereocenters. The minimum atomic E-state index is 0.790. The van der Waals surface area contributed by atoms with Crippen LogP contribution in [0.5, 0.6) is 0 Å². The van der Waals surface area contributed by atoms with Crippen LogP contribution >= 0.6 is 11.3 Å². The molecule has 1 N–H and O–H groups in total. The molecule has 0 radical (unpaired) electrons. The summed E-state index contributed by atoms with van der Waals surface area (Å²) in [6.07, 6.45) is 3.66. The van der Waals surface area contributed by atoms with E-state index in [0.717, 1.165) is 50.4 Å². The summed E-state index contributed by atoms with van der Waals surface area (Å²) in [6, 6.07) is 0. The quantitative estimate of drug-likeness (QED) is 0.909. The van der Waals surface area contributed by atoms with E-state index >= 15 is 0 Å². The second-order valence-corrected chi connectivity index (χ2v) is 8.51. The molecule has 1 aliphatic heterocycles. The maximum atomic E-state index is 5.47. The number of rotatable bonds is 3. The molecule has 1 fully saturated rings. The van der Waals surface area contributed by atoms with Gasteiger partial charge in [-0.1, -0.05) is 6.92 Å². The Morgan fingerprint density at radius 3 is 2.79 bits per heavy atom. The molecule has 0 amide bonds. The van der Waals surface area contributed by atoms with E-state index in [1.54, 1.807) is 0 Å². The normalized spacial score (nSPS) is 21.9. The number of nitrogens with zero attached hydrogens (tertiary/aromatic N) is 3. The van der Waals surface area contributed by atoms with Crippen molar-refractivity contribution in [1.82, 2.24) is 9.97 Å². The fraction of sp³-hybridized carbons (Fsp3) is 0.667. The van der Waals surface area contributed by atoms with Gasteiger partial charge in [-0.3, -0.25) is 0 Å². The molecular weight excluding hydrogens is 320 g/mol. The maximum Gasteiger partial charge on any atom is 0.187 e. The fourth-order valence-corrected chi connectivity index (χ4v) is 5.23. The van der Waals surface area contributed by atoms with Crippen LogP contribution in [0.15, 0.2) is 0 Å². The van der Waals surface area contributed by atoms with Crippen molar-refractivity contribution in [1.29, 1.82) is 0 Å². The zero-order valence-electron chi connectivity index (χ0n) is 14.9. The first-order chi connectivity index (χ1) is 11.6. The second-order valence-electron chi connectivity index (χ2n) is 7.43. The number of thiophene rings is 1. The zero-order chi connectivity index (χ0) is 16.7. The number of aryl methyl sites for hydroxylation is 1. The molecule has 0 spiro atoms. The van der Waals surface area contributed by atoms with Gasteiger partial charge in [0.25, 0.3) is 0 Å². The highest BCUT2D eigenvalue weighted by Gasteiger charge is 2.25. The van der Waals surface area contributed by atoms with E-state index in [9.17, 15) is 0 Å². The molecule has 2 aromatic heterocycles. The number of anilines is 1. The summed E-state index contributed by atoms with van der Waals surface area (Å²) in [4.78, 5) is 16.3.